The lowest BCUT2D eigenvalue weighted by Gasteiger charge is -2.33. The van der Waals surface area contributed by atoms with E-state index >= 15 is 0 Å². The maximum absolute atomic E-state index is 5.94. The molecule has 7 heteroatoms. The number of pyridine rings is 1. The molecule has 25 heavy (non-hydrogen) atoms. The van der Waals surface area contributed by atoms with Crippen molar-refractivity contribution in [2.75, 3.05) is 24.6 Å². The van der Waals surface area contributed by atoms with Crippen LogP contribution in [0.5, 0.6) is 0 Å². The Morgan fingerprint density at radius 3 is 2.76 bits per heavy atom. The van der Waals surface area contributed by atoms with Gasteiger partial charge in [0, 0.05) is 18.4 Å². The fraction of sp³-hybridized carbons (Fsp3) is 0.389. The highest BCUT2D eigenvalue weighted by Gasteiger charge is 2.24. The van der Waals surface area contributed by atoms with Crippen molar-refractivity contribution < 1.29 is 4.74 Å². The molecule has 0 unspecified atom stereocenters. The summed E-state index contributed by atoms with van der Waals surface area (Å²) in [4.78, 5) is 24.5. The minimum atomic E-state index is -0.0133. The lowest BCUT2D eigenvalue weighted by molar-refractivity contribution is 0.0391. The highest BCUT2D eigenvalue weighted by atomic mass is 16.5. The minimum Gasteiger partial charge on any atom is -0.370 e. The first-order valence-corrected chi connectivity index (χ1v) is 8.37. The summed E-state index contributed by atoms with van der Waals surface area (Å²) < 4.78 is 5.94. The molecule has 1 saturated heterocycles. The summed E-state index contributed by atoms with van der Waals surface area (Å²) in [6.07, 6.45) is 3.55. The van der Waals surface area contributed by atoms with Gasteiger partial charge in [0.25, 0.3) is 0 Å². The molecule has 3 aromatic heterocycles. The SMILES string of the molecule is Cc1cc([C@H]2CN(c3ncc4nc(C)c(C)nc4n3)CCO2)ccn1. The Morgan fingerprint density at radius 2 is 1.92 bits per heavy atom. The van der Waals surface area contributed by atoms with Crippen LogP contribution in [0.3, 0.4) is 0 Å². The molecule has 7 nitrogen and oxygen atoms in total. The number of hydrogen-bond donors (Lipinski definition) is 0. The Balaban J connectivity index is 1.62. The van der Waals surface area contributed by atoms with Crippen LogP contribution in [-0.2, 0) is 4.74 Å². The van der Waals surface area contributed by atoms with E-state index in [9.17, 15) is 0 Å². The van der Waals surface area contributed by atoms with Gasteiger partial charge in [-0.25, -0.2) is 15.0 Å². The Labute approximate surface area is 146 Å². The van der Waals surface area contributed by atoms with Crippen molar-refractivity contribution in [1.29, 1.82) is 0 Å². The summed E-state index contributed by atoms with van der Waals surface area (Å²) in [5.41, 5.74) is 5.27. The maximum Gasteiger partial charge on any atom is 0.227 e. The summed E-state index contributed by atoms with van der Waals surface area (Å²) in [5.74, 6) is 0.670. The standard InChI is InChI=1S/C18H20N6O/c1-11-8-14(4-5-19-11)16-10-24(6-7-25-16)18-20-9-15-17(23-18)22-13(3)12(2)21-15/h4-5,8-9,16H,6-7,10H2,1-3H3/t16-/m1/s1. The van der Waals surface area contributed by atoms with Crippen molar-refractivity contribution in [2.24, 2.45) is 0 Å². The number of ether oxygens (including phenoxy) is 1. The molecule has 0 saturated carbocycles. The molecule has 0 amide bonds. The molecule has 0 aromatic carbocycles. The molecule has 4 rings (SSSR count). The number of hydrogen-bond acceptors (Lipinski definition) is 7. The van der Waals surface area contributed by atoms with Gasteiger partial charge in [0.15, 0.2) is 5.65 Å². The summed E-state index contributed by atoms with van der Waals surface area (Å²) in [6.45, 7) is 7.96. The molecule has 0 N–H and O–H groups in total. The van der Waals surface area contributed by atoms with Gasteiger partial charge in [0.05, 0.1) is 30.7 Å². The van der Waals surface area contributed by atoms with Crippen LogP contribution in [-0.4, -0.2) is 44.6 Å². The molecule has 0 aliphatic carbocycles. The quantitative estimate of drug-likeness (QED) is 0.710. The van der Waals surface area contributed by atoms with Crippen molar-refractivity contribution in [3.8, 4) is 0 Å². The zero-order valence-electron chi connectivity index (χ0n) is 14.6. The van der Waals surface area contributed by atoms with Gasteiger partial charge in [-0.2, -0.15) is 4.98 Å². The second-order valence-electron chi connectivity index (χ2n) is 6.31. The van der Waals surface area contributed by atoms with Crippen molar-refractivity contribution in [2.45, 2.75) is 26.9 Å². The number of nitrogens with zero attached hydrogens (tertiary/aromatic N) is 6. The Hall–Kier alpha value is -2.67. The summed E-state index contributed by atoms with van der Waals surface area (Å²) in [7, 11) is 0. The first kappa shape index (κ1) is 15.8. The summed E-state index contributed by atoms with van der Waals surface area (Å²) in [6, 6.07) is 4.06. The smallest absolute Gasteiger partial charge is 0.227 e. The van der Waals surface area contributed by atoms with Crippen LogP contribution in [0.4, 0.5) is 5.95 Å². The van der Waals surface area contributed by atoms with Crippen molar-refractivity contribution >= 4 is 17.1 Å². The topological polar surface area (TPSA) is 76.9 Å². The fourth-order valence-electron chi connectivity index (χ4n) is 2.97. The summed E-state index contributed by atoms with van der Waals surface area (Å²) in [5, 5.41) is 0. The van der Waals surface area contributed by atoms with E-state index in [1.54, 1.807) is 6.20 Å². The number of morpholine rings is 1. The molecule has 3 aromatic rings. The van der Waals surface area contributed by atoms with Crippen molar-refractivity contribution in [1.82, 2.24) is 24.9 Å². The number of anilines is 1. The average Bonchev–Trinajstić information content (AvgIpc) is 2.62. The molecule has 0 spiro atoms. The average molecular weight is 336 g/mol. The minimum absolute atomic E-state index is 0.0133. The van der Waals surface area contributed by atoms with Crippen LogP contribution in [0.1, 0.15) is 28.7 Å². The fourth-order valence-corrected chi connectivity index (χ4v) is 2.97. The Kier molecular flexibility index (Phi) is 4.01. The van der Waals surface area contributed by atoms with Crippen LogP contribution in [0, 0.1) is 20.8 Å². The monoisotopic (exact) mass is 336 g/mol. The molecule has 128 valence electrons. The predicted octanol–water partition coefficient (Wildman–Crippen LogP) is 2.32. The second kappa shape index (κ2) is 6.33. The number of rotatable bonds is 2. The van der Waals surface area contributed by atoms with Crippen molar-refractivity contribution in [3.05, 3.63) is 47.2 Å². The van der Waals surface area contributed by atoms with Crippen LogP contribution < -0.4 is 4.90 Å². The van der Waals surface area contributed by atoms with E-state index < -0.39 is 0 Å². The predicted molar refractivity (Wildman–Crippen MR) is 94.5 cm³/mol. The Bertz CT molecular complexity index is 929. The summed E-state index contributed by atoms with van der Waals surface area (Å²) >= 11 is 0. The van der Waals surface area contributed by atoms with Crippen molar-refractivity contribution in [3.63, 3.8) is 0 Å². The van der Waals surface area contributed by atoms with Gasteiger partial charge >= 0.3 is 0 Å². The highest BCUT2D eigenvalue weighted by Crippen LogP contribution is 2.25. The first-order valence-electron chi connectivity index (χ1n) is 8.37. The number of fused-ring (bicyclic) bond motifs is 1. The largest absolute Gasteiger partial charge is 0.370 e. The van der Waals surface area contributed by atoms with E-state index in [0.717, 1.165) is 34.7 Å². The van der Waals surface area contributed by atoms with Gasteiger partial charge in [-0.15, -0.1) is 0 Å². The molecule has 0 bridgehead atoms. The third kappa shape index (κ3) is 3.15. The van der Waals surface area contributed by atoms with Crippen LogP contribution in [0.2, 0.25) is 0 Å². The lowest BCUT2D eigenvalue weighted by atomic mass is 10.1. The third-order valence-corrected chi connectivity index (χ3v) is 4.46. The van der Waals surface area contributed by atoms with E-state index in [4.69, 9.17) is 4.74 Å². The molecule has 0 radical (unpaired) electrons. The third-order valence-electron chi connectivity index (χ3n) is 4.46. The molecule has 1 fully saturated rings. The van der Waals surface area contributed by atoms with Gasteiger partial charge in [0.2, 0.25) is 5.95 Å². The zero-order chi connectivity index (χ0) is 17.4. The molecular formula is C18H20N6O. The van der Waals surface area contributed by atoms with E-state index in [-0.39, 0.29) is 6.10 Å². The van der Waals surface area contributed by atoms with E-state index in [1.807, 2.05) is 33.0 Å². The number of aromatic nitrogens is 5. The maximum atomic E-state index is 5.94. The van der Waals surface area contributed by atoms with Crippen LogP contribution >= 0.6 is 0 Å². The highest BCUT2D eigenvalue weighted by molar-refractivity contribution is 5.70. The molecular weight excluding hydrogens is 316 g/mol. The second-order valence-corrected chi connectivity index (χ2v) is 6.31. The molecule has 1 atom stereocenters. The number of aryl methyl sites for hydroxylation is 3. The van der Waals surface area contributed by atoms with Crippen LogP contribution in [0.15, 0.2) is 24.5 Å². The van der Waals surface area contributed by atoms with Gasteiger partial charge in [-0.05, 0) is 38.5 Å². The lowest BCUT2D eigenvalue weighted by Crippen LogP contribution is -2.39. The zero-order valence-corrected chi connectivity index (χ0v) is 14.6. The Morgan fingerprint density at radius 1 is 1.08 bits per heavy atom. The van der Waals surface area contributed by atoms with Crippen LogP contribution in [0.25, 0.3) is 11.2 Å². The van der Waals surface area contributed by atoms with Gasteiger partial charge < -0.3 is 9.64 Å². The molecule has 1 aliphatic heterocycles. The normalized spacial score (nSPS) is 17.9. The van der Waals surface area contributed by atoms with Gasteiger partial charge in [0.1, 0.15) is 11.6 Å². The molecule has 1 aliphatic rings. The van der Waals surface area contributed by atoms with Gasteiger partial charge in [-0.3, -0.25) is 4.98 Å². The van der Waals surface area contributed by atoms with E-state index in [2.05, 4.69) is 35.9 Å². The van der Waals surface area contributed by atoms with Gasteiger partial charge in [-0.1, -0.05) is 0 Å². The molecule has 4 heterocycles. The first-order chi connectivity index (χ1) is 12.1. The van der Waals surface area contributed by atoms with E-state index in [1.165, 1.54) is 0 Å². The van der Waals surface area contributed by atoms with E-state index in [0.29, 0.717) is 24.7 Å².